The summed E-state index contributed by atoms with van der Waals surface area (Å²) in [5.41, 5.74) is 5.51. The third kappa shape index (κ3) is 3.21. The minimum atomic E-state index is -1.06. The van der Waals surface area contributed by atoms with Crippen molar-refractivity contribution in [2.24, 2.45) is 5.73 Å². The first-order valence-electron chi connectivity index (χ1n) is 6.41. The van der Waals surface area contributed by atoms with Gasteiger partial charge in [0.25, 0.3) is 0 Å². The van der Waals surface area contributed by atoms with Crippen LogP contribution in [0, 0.1) is 6.92 Å². The normalized spacial score (nSPS) is 19.5. The summed E-state index contributed by atoms with van der Waals surface area (Å²) in [6.45, 7) is 1.01. The van der Waals surface area contributed by atoms with Gasteiger partial charge in [-0.3, -0.25) is 9.68 Å². The van der Waals surface area contributed by atoms with E-state index in [1.807, 2.05) is 0 Å². The van der Waals surface area contributed by atoms with Gasteiger partial charge in [-0.25, -0.2) is 14.6 Å². The van der Waals surface area contributed by atoms with Crippen LogP contribution < -0.4 is 10.5 Å². The molecule has 1 aromatic rings. The molecule has 0 radical (unpaired) electrons. The second-order valence-electron chi connectivity index (χ2n) is 4.64. The fourth-order valence-electron chi connectivity index (χ4n) is 1.83. The molecule has 22 heavy (non-hydrogen) atoms. The van der Waals surface area contributed by atoms with Crippen LogP contribution in [0.25, 0.3) is 0 Å². The predicted octanol–water partition coefficient (Wildman–Crippen LogP) is -0.0906. The van der Waals surface area contributed by atoms with Crippen LogP contribution in [0.2, 0.25) is 0 Å². The first-order chi connectivity index (χ1) is 10.4. The van der Waals surface area contributed by atoms with Gasteiger partial charge in [-0.2, -0.15) is 4.89 Å². The molecule has 9 nitrogen and oxygen atoms in total. The Hall–Kier alpha value is -2.52. The van der Waals surface area contributed by atoms with Gasteiger partial charge in [0.1, 0.15) is 18.4 Å². The van der Waals surface area contributed by atoms with Crippen molar-refractivity contribution in [3.63, 3.8) is 0 Å². The fraction of sp³-hybridized carbons (Fsp3) is 0.385. The van der Waals surface area contributed by atoms with Crippen molar-refractivity contribution < 1.29 is 34.0 Å². The SMILES string of the molecule is Cc1nc2c(c(C=O)c1O)COOC(=O)CC[C@@H](N)C(=O)O2. The lowest BCUT2D eigenvalue weighted by molar-refractivity contribution is -0.280. The molecule has 1 atom stereocenters. The number of carbonyl (C=O) groups is 3. The number of hydrogen-bond acceptors (Lipinski definition) is 9. The molecule has 3 N–H and O–H groups in total. The topological polar surface area (TPSA) is 138 Å². The Balaban J connectivity index is 2.49. The summed E-state index contributed by atoms with van der Waals surface area (Å²) < 4.78 is 5.06. The molecule has 0 aromatic carbocycles. The van der Waals surface area contributed by atoms with Gasteiger partial charge in [0, 0.05) is 0 Å². The minimum Gasteiger partial charge on any atom is -0.505 e. The maximum Gasteiger partial charge on any atom is 0.342 e. The van der Waals surface area contributed by atoms with E-state index in [0.29, 0.717) is 6.29 Å². The highest BCUT2D eigenvalue weighted by molar-refractivity contribution is 5.84. The zero-order valence-corrected chi connectivity index (χ0v) is 11.7. The first-order valence-corrected chi connectivity index (χ1v) is 6.41. The van der Waals surface area contributed by atoms with Gasteiger partial charge < -0.3 is 15.6 Å². The molecule has 0 amide bonds. The van der Waals surface area contributed by atoms with Crippen LogP contribution in [0.3, 0.4) is 0 Å². The molecule has 1 aromatic heterocycles. The number of nitrogens with zero attached hydrogens (tertiary/aromatic N) is 1. The maximum atomic E-state index is 11.9. The van der Waals surface area contributed by atoms with Gasteiger partial charge in [0.2, 0.25) is 5.88 Å². The molecule has 0 unspecified atom stereocenters. The number of rotatable bonds is 1. The molecular weight excluding hydrogens is 296 g/mol. The zero-order valence-electron chi connectivity index (χ0n) is 11.7. The Bertz CT molecular complexity index is 629. The van der Waals surface area contributed by atoms with Crippen LogP contribution >= 0.6 is 0 Å². The van der Waals surface area contributed by atoms with Gasteiger partial charge in [-0.1, -0.05) is 0 Å². The average Bonchev–Trinajstić information content (AvgIpc) is 2.50. The highest BCUT2D eigenvalue weighted by Gasteiger charge is 2.25. The minimum absolute atomic E-state index is 0.00790. The second kappa shape index (κ2) is 6.50. The Kier molecular flexibility index (Phi) is 4.68. The molecule has 0 bridgehead atoms. The van der Waals surface area contributed by atoms with Crippen LogP contribution in [0.4, 0.5) is 0 Å². The van der Waals surface area contributed by atoms with E-state index in [1.54, 1.807) is 0 Å². The highest BCUT2D eigenvalue weighted by Crippen LogP contribution is 2.30. The number of esters is 1. The summed E-state index contributed by atoms with van der Waals surface area (Å²) >= 11 is 0. The zero-order chi connectivity index (χ0) is 16.3. The van der Waals surface area contributed by atoms with Gasteiger partial charge in [0.05, 0.1) is 23.2 Å². The number of nitrogens with two attached hydrogens (primary N) is 1. The lowest BCUT2D eigenvalue weighted by atomic mass is 10.1. The molecule has 0 saturated carbocycles. The van der Waals surface area contributed by atoms with Gasteiger partial charge in [-0.05, 0) is 13.3 Å². The summed E-state index contributed by atoms with van der Waals surface area (Å²) in [7, 11) is 0. The molecule has 0 aliphatic carbocycles. The molecule has 2 rings (SSSR count). The molecule has 9 heteroatoms. The summed E-state index contributed by atoms with van der Waals surface area (Å²) in [6, 6.07) is -1.06. The second-order valence-corrected chi connectivity index (χ2v) is 4.64. The lowest BCUT2D eigenvalue weighted by Gasteiger charge is -2.14. The number of aromatic hydroxyl groups is 1. The Morgan fingerprint density at radius 3 is 2.82 bits per heavy atom. The number of pyridine rings is 1. The van der Waals surface area contributed by atoms with Gasteiger partial charge in [-0.15, -0.1) is 0 Å². The standard InChI is InChI=1S/C13H14N2O7/c1-6-11(18)7(4-16)8-5-20-22-10(17)3-2-9(14)13(19)21-12(8)15-6/h4,9,18H,2-3,5,14H2,1H3/t9-/m1/s1. The fourth-order valence-corrected chi connectivity index (χ4v) is 1.83. The third-order valence-corrected chi connectivity index (χ3v) is 3.08. The Labute approximate surface area is 124 Å². The molecule has 0 spiro atoms. The summed E-state index contributed by atoms with van der Waals surface area (Å²) in [5.74, 6) is -2.14. The quantitative estimate of drug-likeness (QED) is 0.414. The van der Waals surface area contributed by atoms with Crippen LogP contribution in [-0.4, -0.2) is 34.4 Å². The molecular formula is C13H14N2O7. The number of ether oxygens (including phenoxy) is 1. The van der Waals surface area contributed by atoms with E-state index in [1.165, 1.54) is 6.92 Å². The summed E-state index contributed by atoms with van der Waals surface area (Å²) in [4.78, 5) is 47.5. The van der Waals surface area contributed by atoms with Crippen molar-refractivity contribution >= 4 is 18.2 Å². The number of carbonyl (C=O) groups excluding carboxylic acids is 3. The highest BCUT2D eigenvalue weighted by atomic mass is 17.2. The Morgan fingerprint density at radius 2 is 2.14 bits per heavy atom. The van der Waals surface area contributed by atoms with E-state index in [-0.39, 0.29) is 41.3 Å². The van der Waals surface area contributed by atoms with E-state index >= 15 is 0 Å². The van der Waals surface area contributed by atoms with Crippen LogP contribution in [0.1, 0.15) is 34.5 Å². The van der Waals surface area contributed by atoms with E-state index in [0.717, 1.165) is 0 Å². The molecule has 1 aliphatic heterocycles. The van der Waals surface area contributed by atoms with Crippen molar-refractivity contribution in [3.05, 3.63) is 16.8 Å². The largest absolute Gasteiger partial charge is 0.505 e. The molecule has 2 heterocycles. The van der Waals surface area contributed by atoms with Gasteiger partial charge >= 0.3 is 11.9 Å². The summed E-state index contributed by atoms with van der Waals surface area (Å²) in [6.07, 6.45) is 0.236. The molecule has 0 fully saturated rings. The molecule has 118 valence electrons. The summed E-state index contributed by atoms with van der Waals surface area (Å²) in [5, 5.41) is 9.84. The average molecular weight is 310 g/mol. The Morgan fingerprint density at radius 1 is 1.41 bits per heavy atom. The van der Waals surface area contributed by atoms with E-state index in [4.69, 9.17) is 15.4 Å². The number of hydrogen-bond donors (Lipinski definition) is 2. The molecule has 1 aliphatic rings. The van der Waals surface area contributed by atoms with Gasteiger partial charge in [0.15, 0.2) is 6.29 Å². The van der Waals surface area contributed by atoms with E-state index < -0.39 is 24.6 Å². The van der Waals surface area contributed by atoms with Crippen molar-refractivity contribution in [2.75, 3.05) is 0 Å². The first kappa shape index (κ1) is 15.9. The third-order valence-electron chi connectivity index (χ3n) is 3.08. The van der Waals surface area contributed by atoms with Crippen molar-refractivity contribution in [2.45, 2.75) is 32.4 Å². The maximum absolute atomic E-state index is 11.9. The van der Waals surface area contributed by atoms with Crippen LogP contribution in [0.15, 0.2) is 0 Å². The van der Waals surface area contributed by atoms with E-state index in [9.17, 15) is 19.5 Å². The predicted molar refractivity (Wildman–Crippen MR) is 69.8 cm³/mol. The van der Waals surface area contributed by atoms with Crippen LogP contribution in [-0.2, 0) is 26.0 Å². The number of aldehydes is 1. The number of aromatic nitrogens is 1. The lowest BCUT2D eigenvalue weighted by Crippen LogP contribution is -2.35. The van der Waals surface area contributed by atoms with Crippen molar-refractivity contribution in [3.8, 4) is 11.6 Å². The monoisotopic (exact) mass is 310 g/mol. The molecule has 0 saturated heterocycles. The number of fused-ring (bicyclic) bond motifs is 1. The van der Waals surface area contributed by atoms with Crippen LogP contribution in [0.5, 0.6) is 11.6 Å². The smallest absolute Gasteiger partial charge is 0.342 e. The van der Waals surface area contributed by atoms with Crippen molar-refractivity contribution in [1.29, 1.82) is 0 Å². The number of aryl methyl sites for hydroxylation is 1. The van der Waals surface area contributed by atoms with Crippen molar-refractivity contribution in [1.82, 2.24) is 4.98 Å². The van der Waals surface area contributed by atoms with E-state index in [2.05, 4.69) is 9.87 Å².